The summed E-state index contributed by atoms with van der Waals surface area (Å²) in [6, 6.07) is 0. The van der Waals surface area contributed by atoms with Crippen molar-refractivity contribution in [3.8, 4) is 0 Å². The van der Waals surface area contributed by atoms with Gasteiger partial charge in [0.25, 0.3) is 0 Å². The number of hydrogen-bond donors (Lipinski definition) is 1. The van der Waals surface area contributed by atoms with Crippen LogP contribution in [-0.4, -0.2) is 36.6 Å². The van der Waals surface area contributed by atoms with Crippen molar-refractivity contribution in [3.63, 3.8) is 0 Å². The average molecular weight is 297 g/mol. The summed E-state index contributed by atoms with van der Waals surface area (Å²) in [5, 5.41) is 7.87. The Morgan fingerprint density at radius 3 is 2.45 bits per heavy atom. The van der Waals surface area contributed by atoms with Crippen LogP contribution in [0.15, 0.2) is 52.1 Å². The van der Waals surface area contributed by atoms with Gasteiger partial charge in [-0.1, -0.05) is 25.0 Å². The first kappa shape index (κ1) is 16.5. The molecular formula is C19H27N3. The molecule has 1 N–H and O–H groups in total. The van der Waals surface area contributed by atoms with Crippen LogP contribution in [0.2, 0.25) is 0 Å². The van der Waals surface area contributed by atoms with Crippen molar-refractivity contribution >= 4 is 11.5 Å². The predicted molar refractivity (Wildman–Crippen MR) is 95.9 cm³/mol. The highest BCUT2D eigenvalue weighted by molar-refractivity contribution is 6.10. The van der Waals surface area contributed by atoms with E-state index < -0.39 is 0 Å². The molecule has 0 aromatic carbocycles. The van der Waals surface area contributed by atoms with Gasteiger partial charge in [0.1, 0.15) is 5.84 Å². The van der Waals surface area contributed by atoms with Crippen LogP contribution in [0.1, 0.15) is 39.5 Å². The van der Waals surface area contributed by atoms with E-state index in [1.54, 1.807) is 0 Å². The molecule has 0 unspecified atom stereocenters. The van der Waals surface area contributed by atoms with E-state index in [9.17, 15) is 0 Å². The summed E-state index contributed by atoms with van der Waals surface area (Å²) in [5.41, 5.74) is 3.89. The molecule has 1 aliphatic carbocycles. The van der Waals surface area contributed by atoms with Crippen molar-refractivity contribution in [2.45, 2.75) is 39.5 Å². The summed E-state index contributed by atoms with van der Waals surface area (Å²) in [6.07, 6.45) is 15.3. The van der Waals surface area contributed by atoms with E-state index in [0.29, 0.717) is 5.71 Å². The Kier molecular flexibility index (Phi) is 5.93. The zero-order valence-corrected chi connectivity index (χ0v) is 14.0. The van der Waals surface area contributed by atoms with Gasteiger partial charge in [-0.05, 0) is 61.6 Å². The first-order valence-corrected chi connectivity index (χ1v) is 8.21. The van der Waals surface area contributed by atoms with E-state index in [2.05, 4.69) is 29.0 Å². The lowest BCUT2D eigenvalue weighted by Crippen LogP contribution is -2.32. The van der Waals surface area contributed by atoms with Gasteiger partial charge in [-0.25, -0.2) is 0 Å². The molecule has 3 nitrogen and oxygen atoms in total. The van der Waals surface area contributed by atoms with Crippen molar-refractivity contribution < 1.29 is 0 Å². The van der Waals surface area contributed by atoms with Gasteiger partial charge in [0.05, 0.1) is 5.71 Å². The molecule has 2 aliphatic rings. The summed E-state index contributed by atoms with van der Waals surface area (Å²) in [7, 11) is 1.88. The third-order valence-electron chi connectivity index (χ3n) is 4.24. The van der Waals surface area contributed by atoms with E-state index in [1.165, 1.54) is 31.3 Å². The molecule has 1 aliphatic heterocycles. The molecule has 0 radical (unpaired) electrons. The van der Waals surface area contributed by atoms with E-state index in [4.69, 9.17) is 5.41 Å². The topological polar surface area (TPSA) is 39.5 Å². The highest BCUT2D eigenvalue weighted by Crippen LogP contribution is 2.18. The Balaban J connectivity index is 2.19. The normalized spacial score (nSPS) is 22.9. The van der Waals surface area contributed by atoms with Crippen LogP contribution >= 0.6 is 0 Å². The minimum Gasteiger partial charge on any atom is -0.357 e. The standard InChI is InChI=1S/C19H27N3/c1-4-17-14-16(9-10-18(17)20)13-15(2)19(21-3)22-11-7-5-6-8-12-22/h4,9-10,13-14,20H,5-8,11-12H2,1-3H3/b15-13+,17-4-,20-18?,21-19?. The van der Waals surface area contributed by atoms with Crippen LogP contribution in [-0.2, 0) is 0 Å². The fraction of sp³-hybridized carbons (Fsp3) is 0.474. The molecule has 2 rings (SSSR count). The number of nitrogens with one attached hydrogen (secondary N) is 1. The maximum absolute atomic E-state index is 7.87. The Morgan fingerprint density at radius 1 is 1.18 bits per heavy atom. The van der Waals surface area contributed by atoms with Crippen molar-refractivity contribution in [2.75, 3.05) is 20.1 Å². The largest absolute Gasteiger partial charge is 0.357 e. The molecule has 0 aromatic rings. The van der Waals surface area contributed by atoms with Crippen LogP contribution in [0.25, 0.3) is 0 Å². The van der Waals surface area contributed by atoms with Crippen LogP contribution in [0, 0.1) is 5.41 Å². The lowest BCUT2D eigenvalue weighted by molar-refractivity contribution is 0.434. The molecule has 0 amide bonds. The second-order valence-electron chi connectivity index (χ2n) is 5.91. The third-order valence-corrected chi connectivity index (χ3v) is 4.24. The molecule has 0 saturated carbocycles. The predicted octanol–water partition coefficient (Wildman–Crippen LogP) is 4.30. The van der Waals surface area contributed by atoms with Crippen molar-refractivity contribution in [1.29, 1.82) is 5.41 Å². The zero-order chi connectivity index (χ0) is 15.9. The Bertz CT molecular complexity index is 565. The van der Waals surface area contributed by atoms with Gasteiger partial charge >= 0.3 is 0 Å². The Labute approximate surface area is 134 Å². The molecule has 0 aromatic heterocycles. The molecule has 0 bridgehead atoms. The first-order valence-electron chi connectivity index (χ1n) is 8.21. The fourth-order valence-electron chi connectivity index (χ4n) is 3.07. The molecule has 0 atom stereocenters. The van der Waals surface area contributed by atoms with Crippen molar-refractivity contribution in [3.05, 3.63) is 47.1 Å². The maximum atomic E-state index is 7.87. The van der Waals surface area contributed by atoms with Crippen molar-refractivity contribution in [2.24, 2.45) is 4.99 Å². The average Bonchev–Trinajstić information content (AvgIpc) is 2.79. The lowest BCUT2D eigenvalue weighted by atomic mass is 9.98. The SMILES string of the molecule is C/C=C1C=C(/C=C(\C)C(=NC)N2CCCCCC2)C=CC/1=N. The number of nitrogens with zero attached hydrogens (tertiary/aromatic N) is 2. The quantitative estimate of drug-likeness (QED) is 0.599. The van der Waals surface area contributed by atoms with Crippen LogP contribution in [0.5, 0.6) is 0 Å². The second kappa shape index (κ2) is 7.92. The van der Waals surface area contributed by atoms with Gasteiger partial charge in [0.15, 0.2) is 0 Å². The number of allylic oxidation sites excluding steroid dienone is 7. The van der Waals surface area contributed by atoms with Gasteiger partial charge in [-0.2, -0.15) is 0 Å². The van der Waals surface area contributed by atoms with E-state index >= 15 is 0 Å². The maximum Gasteiger partial charge on any atom is 0.126 e. The van der Waals surface area contributed by atoms with Gasteiger partial charge in [0.2, 0.25) is 0 Å². The van der Waals surface area contributed by atoms with Crippen LogP contribution in [0.4, 0.5) is 0 Å². The Morgan fingerprint density at radius 2 is 1.86 bits per heavy atom. The fourth-order valence-corrected chi connectivity index (χ4v) is 3.07. The number of amidine groups is 1. The Hall–Kier alpha value is -1.90. The molecule has 118 valence electrons. The summed E-state index contributed by atoms with van der Waals surface area (Å²) < 4.78 is 0. The summed E-state index contributed by atoms with van der Waals surface area (Å²) in [5.74, 6) is 1.11. The first-order chi connectivity index (χ1) is 10.7. The molecule has 1 fully saturated rings. The molecule has 1 saturated heterocycles. The van der Waals surface area contributed by atoms with E-state index in [0.717, 1.165) is 30.1 Å². The summed E-state index contributed by atoms with van der Waals surface area (Å²) >= 11 is 0. The number of aliphatic imine (C=N–C) groups is 1. The van der Waals surface area contributed by atoms with Gasteiger partial charge in [-0.3, -0.25) is 4.99 Å². The van der Waals surface area contributed by atoms with Crippen LogP contribution in [0.3, 0.4) is 0 Å². The highest BCUT2D eigenvalue weighted by Gasteiger charge is 2.15. The molecule has 3 heteroatoms. The van der Waals surface area contributed by atoms with E-state index in [-0.39, 0.29) is 0 Å². The number of hydrogen-bond acceptors (Lipinski definition) is 2. The minimum absolute atomic E-state index is 0.578. The van der Waals surface area contributed by atoms with E-state index in [1.807, 2.05) is 32.2 Å². The van der Waals surface area contributed by atoms with Crippen LogP contribution < -0.4 is 0 Å². The number of likely N-dealkylation sites (tertiary alicyclic amines) is 1. The smallest absolute Gasteiger partial charge is 0.126 e. The van der Waals surface area contributed by atoms with Crippen molar-refractivity contribution in [1.82, 2.24) is 4.90 Å². The van der Waals surface area contributed by atoms with Gasteiger partial charge < -0.3 is 10.3 Å². The minimum atomic E-state index is 0.578. The third kappa shape index (κ3) is 4.06. The van der Waals surface area contributed by atoms with Gasteiger partial charge in [0, 0.05) is 20.1 Å². The molecule has 1 heterocycles. The monoisotopic (exact) mass is 297 g/mol. The lowest BCUT2D eigenvalue weighted by Gasteiger charge is -2.25. The number of rotatable bonds is 2. The van der Waals surface area contributed by atoms with Gasteiger partial charge in [-0.15, -0.1) is 0 Å². The zero-order valence-electron chi connectivity index (χ0n) is 14.0. The molecular weight excluding hydrogens is 270 g/mol. The molecule has 0 spiro atoms. The summed E-state index contributed by atoms with van der Waals surface area (Å²) in [4.78, 5) is 6.96. The highest BCUT2D eigenvalue weighted by atomic mass is 15.2. The second-order valence-corrected chi connectivity index (χ2v) is 5.91. The molecule has 22 heavy (non-hydrogen) atoms. The summed E-state index contributed by atoms with van der Waals surface area (Å²) in [6.45, 7) is 6.33.